The molecule has 0 amide bonds. The van der Waals surface area contributed by atoms with Gasteiger partial charge in [-0.05, 0) is 62.4 Å². The first-order valence-electron chi connectivity index (χ1n) is 9.61. The highest BCUT2D eigenvalue weighted by molar-refractivity contribution is 5.80. The molecule has 4 unspecified atom stereocenters. The van der Waals surface area contributed by atoms with Crippen LogP contribution in [0.5, 0.6) is 0 Å². The van der Waals surface area contributed by atoms with Crippen molar-refractivity contribution in [3.8, 4) is 0 Å². The molecule has 0 spiro atoms. The highest BCUT2D eigenvalue weighted by atomic mass is 15.2. The van der Waals surface area contributed by atoms with Crippen molar-refractivity contribution < 1.29 is 0 Å². The molecule has 0 aromatic heterocycles. The molecule has 0 bridgehead atoms. The van der Waals surface area contributed by atoms with E-state index in [4.69, 9.17) is 4.99 Å². The second kappa shape index (κ2) is 8.89. The third kappa shape index (κ3) is 5.65. The van der Waals surface area contributed by atoms with Gasteiger partial charge in [-0.15, -0.1) is 0 Å². The van der Waals surface area contributed by atoms with Crippen LogP contribution in [0.4, 0.5) is 0 Å². The van der Waals surface area contributed by atoms with Gasteiger partial charge in [0.15, 0.2) is 0 Å². The van der Waals surface area contributed by atoms with E-state index in [0.29, 0.717) is 29.8 Å². The Labute approximate surface area is 145 Å². The van der Waals surface area contributed by atoms with Crippen LogP contribution in [0.2, 0.25) is 0 Å². The van der Waals surface area contributed by atoms with Gasteiger partial charge in [0.1, 0.15) is 0 Å². The van der Waals surface area contributed by atoms with E-state index in [0.717, 1.165) is 5.92 Å². The van der Waals surface area contributed by atoms with E-state index in [9.17, 15) is 0 Å². The van der Waals surface area contributed by atoms with Gasteiger partial charge in [0.05, 0.1) is 11.9 Å². The molecule has 134 valence electrons. The Hall–Kier alpha value is -0.790. The van der Waals surface area contributed by atoms with Crippen LogP contribution in [-0.2, 0) is 0 Å². The van der Waals surface area contributed by atoms with Gasteiger partial charge in [0.25, 0.3) is 0 Å². The Bertz CT molecular complexity index is 420. The van der Waals surface area contributed by atoms with E-state index in [-0.39, 0.29) is 0 Å². The summed E-state index contributed by atoms with van der Waals surface area (Å²) in [7, 11) is 2.21. The molecule has 1 aliphatic rings. The molecule has 4 atom stereocenters. The number of nitrogens with zero attached hydrogens (tertiary/aromatic N) is 2. The Morgan fingerprint density at radius 3 is 2.17 bits per heavy atom. The van der Waals surface area contributed by atoms with Crippen molar-refractivity contribution in [1.29, 1.82) is 0 Å². The van der Waals surface area contributed by atoms with Crippen molar-refractivity contribution in [2.24, 2.45) is 28.7 Å². The van der Waals surface area contributed by atoms with Crippen LogP contribution in [0.15, 0.2) is 16.6 Å². The third-order valence-corrected chi connectivity index (χ3v) is 5.98. The number of aliphatic imine (C=N–C) groups is 1. The molecule has 0 aliphatic heterocycles. The normalized spacial score (nSPS) is 23.7. The molecule has 1 rings (SSSR count). The molecule has 0 radical (unpaired) electrons. The van der Waals surface area contributed by atoms with Gasteiger partial charge in [0, 0.05) is 13.1 Å². The van der Waals surface area contributed by atoms with Crippen LogP contribution in [0.1, 0.15) is 74.7 Å². The fraction of sp³-hybridized carbons (Fsp3) is 0.857. The van der Waals surface area contributed by atoms with Crippen LogP contribution in [0, 0.1) is 23.7 Å². The number of hydrogen-bond acceptors (Lipinski definition) is 1. The minimum absolute atomic E-state index is 0.353. The Kier molecular flexibility index (Phi) is 7.83. The van der Waals surface area contributed by atoms with Gasteiger partial charge < -0.3 is 4.90 Å². The highest BCUT2D eigenvalue weighted by Gasteiger charge is 2.24. The molecule has 0 heterocycles. The molecule has 23 heavy (non-hydrogen) atoms. The second-order valence-corrected chi connectivity index (χ2v) is 8.48. The average molecular weight is 321 g/mol. The van der Waals surface area contributed by atoms with Gasteiger partial charge in [-0.2, -0.15) is 0 Å². The monoisotopic (exact) mass is 320 g/mol. The summed E-state index contributed by atoms with van der Waals surface area (Å²) >= 11 is 0. The molecule has 0 saturated carbocycles. The van der Waals surface area contributed by atoms with Crippen molar-refractivity contribution in [3.63, 3.8) is 0 Å². The van der Waals surface area contributed by atoms with E-state index in [1.54, 1.807) is 5.57 Å². The molecule has 0 fully saturated rings. The first kappa shape index (κ1) is 20.3. The van der Waals surface area contributed by atoms with E-state index in [2.05, 4.69) is 73.4 Å². The average Bonchev–Trinajstić information content (AvgIpc) is 2.50. The van der Waals surface area contributed by atoms with Crippen LogP contribution in [0.25, 0.3) is 0 Å². The van der Waals surface area contributed by atoms with Crippen LogP contribution >= 0.6 is 0 Å². The summed E-state index contributed by atoms with van der Waals surface area (Å²) in [5.41, 5.74) is 1.57. The van der Waals surface area contributed by atoms with E-state index in [1.807, 2.05) is 0 Å². The van der Waals surface area contributed by atoms with E-state index < -0.39 is 0 Å². The Morgan fingerprint density at radius 1 is 1.13 bits per heavy atom. The van der Waals surface area contributed by atoms with Gasteiger partial charge in [-0.1, -0.05) is 47.6 Å². The fourth-order valence-corrected chi connectivity index (χ4v) is 3.41. The number of allylic oxidation sites excluding steroid dienone is 1. The minimum atomic E-state index is 0.353. The number of amidine groups is 1. The molecule has 0 N–H and O–H groups in total. The second-order valence-electron chi connectivity index (χ2n) is 8.48. The molecule has 0 saturated heterocycles. The highest BCUT2D eigenvalue weighted by Crippen LogP contribution is 2.30. The van der Waals surface area contributed by atoms with Gasteiger partial charge in [0.2, 0.25) is 0 Å². The van der Waals surface area contributed by atoms with Crippen molar-refractivity contribution in [3.05, 3.63) is 11.6 Å². The largest absolute Gasteiger partial charge is 0.361 e. The van der Waals surface area contributed by atoms with Crippen LogP contribution < -0.4 is 0 Å². The molecule has 2 nitrogen and oxygen atoms in total. The summed E-state index contributed by atoms with van der Waals surface area (Å²) in [5.74, 6) is 3.95. The first-order valence-corrected chi connectivity index (χ1v) is 9.61. The molecule has 1 aliphatic carbocycles. The molecule has 0 aromatic carbocycles. The van der Waals surface area contributed by atoms with Gasteiger partial charge in [-0.3, -0.25) is 4.99 Å². The molecular formula is C21H40N2. The summed E-state index contributed by atoms with van der Waals surface area (Å²) in [5, 5.41) is 0. The Balaban J connectivity index is 2.90. The summed E-state index contributed by atoms with van der Waals surface area (Å²) in [6.45, 7) is 18.5. The fourth-order valence-electron chi connectivity index (χ4n) is 3.41. The van der Waals surface area contributed by atoms with Crippen molar-refractivity contribution in [2.45, 2.75) is 86.7 Å². The lowest BCUT2D eigenvalue weighted by Gasteiger charge is -2.35. The molecular weight excluding hydrogens is 280 g/mol. The number of hydrogen-bond donors (Lipinski definition) is 0. The summed E-state index contributed by atoms with van der Waals surface area (Å²) in [6.07, 6.45) is 6.24. The lowest BCUT2D eigenvalue weighted by atomic mass is 9.84. The minimum Gasteiger partial charge on any atom is -0.361 e. The maximum atomic E-state index is 5.16. The summed E-state index contributed by atoms with van der Waals surface area (Å²) < 4.78 is 0. The zero-order valence-electron chi connectivity index (χ0n) is 17.1. The predicted octanol–water partition coefficient (Wildman–Crippen LogP) is 5.79. The Morgan fingerprint density at radius 2 is 1.74 bits per heavy atom. The standard InChI is InChI=1S/C21H40N2/c1-14(2)17(6)18(7)23(9)19(8)22-21(15(3)4)20-12-10-16(5)11-13-20/h12,14-18,21H,10-11,13H2,1-9H3/b22-19+. The lowest BCUT2D eigenvalue weighted by Crippen LogP contribution is -2.40. The first-order chi connectivity index (χ1) is 10.6. The van der Waals surface area contributed by atoms with Crippen molar-refractivity contribution in [2.75, 3.05) is 7.05 Å². The van der Waals surface area contributed by atoms with Crippen molar-refractivity contribution in [1.82, 2.24) is 4.90 Å². The van der Waals surface area contributed by atoms with Crippen LogP contribution in [-0.4, -0.2) is 29.9 Å². The SMILES string of the molecule is C/C(=N\C(C1=CCC(C)CC1)C(C)C)N(C)C(C)C(C)C(C)C. The van der Waals surface area contributed by atoms with E-state index in [1.165, 1.54) is 25.1 Å². The van der Waals surface area contributed by atoms with E-state index >= 15 is 0 Å². The lowest BCUT2D eigenvalue weighted by molar-refractivity contribution is 0.238. The smallest absolute Gasteiger partial charge is 0.0965 e. The summed E-state index contributed by atoms with van der Waals surface area (Å²) in [6, 6.07) is 0.874. The maximum absolute atomic E-state index is 5.16. The van der Waals surface area contributed by atoms with Gasteiger partial charge >= 0.3 is 0 Å². The maximum Gasteiger partial charge on any atom is 0.0965 e. The predicted molar refractivity (Wildman–Crippen MR) is 104 cm³/mol. The zero-order chi connectivity index (χ0) is 17.7. The topological polar surface area (TPSA) is 15.6 Å². The summed E-state index contributed by atoms with van der Waals surface area (Å²) in [4.78, 5) is 7.54. The quantitative estimate of drug-likeness (QED) is 0.344. The number of rotatable bonds is 6. The van der Waals surface area contributed by atoms with Gasteiger partial charge in [-0.25, -0.2) is 0 Å². The molecule has 0 aromatic rings. The van der Waals surface area contributed by atoms with Crippen molar-refractivity contribution >= 4 is 5.84 Å². The molecule has 2 heteroatoms. The third-order valence-electron chi connectivity index (χ3n) is 5.98. The zero-order valence-corrected chi connectivity index (χ0v) is 17.1. The van der Waals surface area contributed by atoms with Crippen LogP contribution in [0.3, 0.4) is 0 Å².